The fourth-order valence-electron chi connectivity index (χ4n) is 3.89. The van der Waals surface area contributed by atoms with E-state index in [-0.39, 0.29) is 0 Å². The molecule has 3 rings (SSSR count). The Labute approximate surface area is 152 Å². The normalized spacial score (nSPS) is 12.1. The van der Waals surface area contributed by atoms with E-state index in [1.165, 1.54) is 0 Å². The van der Waals surface area contributed by atoms with E-state index in [4.69, 9.17) is 0 Å². The van der Waals surface area contributed by atoms with Gasteiger partial charge in [-0.05, 0) is 16.7 Å². The van der Waals surface area contributed by atoms with Crippen LogP contribution < -0.4 is 0 Å². The lowest BCUT2D eigenvalue weighted by molar-refractivity contribution is 0.0584. The quantitative estimate of drug-likeness (QED) is 0.462. The lowest BCUT2D eigenvalue weighted by Gasteiger charge is -2.48. The molecule has 0 saturated heterocycles. The maximum absolute atomic E-state index is 14.4. The SMILES string of the molecule is FCC(CF)(CF)C(c1ccccc1)(c1ccccc1)c1ccccc1. The van der Waals surface area contributed by atoms with Crippen molar-refractivity contribution in [3.63, 3.8) is 0 Å². The van der Waals surface area contributed by atoms with Gasteiger partial charge in [0.25, 0.3) is 0 Å². The van der Waals surface area contributed by atoms with E-state index in [2.05, 4.69) is 0 Å². The van der Waals surface area contributed by atoms with Crippen molar-refractivity contribution in [1.82, 2.24) is 0 Å². The lowest BCUT2D eigenvalue weighted by Crippen LogP contribution is -2.52. The predicted octanol–water partition coefficient (Wildman–Crippen LogP) is 5.92. The molecule has 3 aromatic carbocycles. The molecule has 0 fully saturated rings. The molecular weight excluding hydrogens is 333 g/mol. The molecule has 0 aliphatic carbocycles. The molecule has 3 heteroatoms. The minimum Gasteiger partial charge on any atom is -0.250 e. The number of benzene rings is 3. The first-order valence-corrected chi connectivity index (χ1v) is 8.59. The van der Waals surface area contributed by atoms with Gasteiger partial charge in [0.05, 0.1) is 10.8 Å². The van der Waals surface area contributed by atoms with E-state index in [0.29, 0.717) is 16.7 Å². The summed E-state index contributed by atoms with van der Waals surface area (Å²) in [5.74, 6) is 0. The van der Waals surface area contributed by atoms with Crippen molar-refractivity contribution >= 4 is 0 Å². The summed E-state index contributed by atoms with van der Waals surface area (Å²) in [7, 11) is 0. The molecule has 0 amide bonds. The Bertz CT molecular complexity index is 692. The zero-order valence-corrected chi connectivity index (χ0v) is 14.4. The molecule has 0 N–H and O–H groups in total. The van der Waals surface area contributed by atoms with E-state index >= 15 is 0 Å². The summed E-state index contributed by atoms with van der Waals surface area (Å²) in [5, 5.41) is 0. The Balaban J connectivity index is 2.47. The maximum Gasteiger partial charge on any atom is 0.102 e. The van der Waals surface area contributed by atoms with Gasteiger partial charge in [0.15, 0.2) is 0 Å². The van der Waals surface area contributed by atoms with Crippen LogP contribution in [0.3, 0.4) is 0 Å². The standard InChI is InChI=1S/C23H21F3/c24-16-22(17-25,18-26)23(19-10-4-1-5-11-19,20-12-6-2-7-13-20)21-14-8-3-9-15-21/h1-15H,16-18H2. The van der Waals surface area contributed by atoms with Gasteiger partial charge in [0, 0.05) is 0 Å². The second-order valence-corrected chi connectivity index (χ2v) is 6.53. The summed E-state index contributed by atoms with van der Waals surface area (Å²) < 4.78 is 43.2. The van der Waals surface area contributed by atoms with Crippen LogP contribution in [0.15, 0.2) is 91.0 Å². The largest absolute Gasteiger partial charge is 0.250 e. The number of halogens is 3. The molecule has 0 nitrogen and oxygen atoms in total. The summed E-state index contributed by atoms with van der Waals surface area (Å²) >= 11 is 0. The summed E-state index contributed by atoms with van der Waals surface area (Å²) in [5.41, 5.74) is -1.12. The molecule has 3 aromatic rings. The monoisotopic (exact) mass is 354 g/mol. The van der Waals surface area contributed by atoms with E-state index in [0.717, 1.165) is 0 Å². The molecule has 0 heterocycles. The third-order valence-electron chi connectivity index (χ3n) is 5.18. The molecule has 0 aliphatic rings. The van der Waals surface area contributed by atoms with E-state index < -0.39 is 30.9 Å². The first-order valence-electron chi connectivity index (χ1n) is 8.59. The molecular formula is C23H21F3. The molecule has 0 atom stereocenters. The van der Waals surface area contributed by atoms with Crippen LogP contribution in [0.1, 0.15) is 16.7 Å². The molecule has 0 unspecified atom stereocenters. The highest BCUT2D eigenvalue weighted by molar-refractivity contribution is 5.53. The van der Waals surface area contributed by atoms with Crippen LogP contribution in [0.5, 0.6) is 0 Å². The van der Waals surface area contributed by atoms with Crippen molar-refractivity contribution in [2.75, 3.05) is 20.0 Å². The zero-order chi connectivity index (χ0) is 18.5. The van der Waals surface area contributed by atoms with Gasteiger partial charge >= 0.3 is 0 Å². The Morgan fingerprint density at radius 1 is 0.462 bits per heavy atom. The summed E-state index contributed by atoms with van der Waals surface area (Å²) in [4.78, 5) is 0. The average Bonchev–Trinajstić information content (AvgIpc) is 2.74. The van der Waals surface area contributed by atoms with Crippen LogP contribution in [0.4, 0.5) is 13.2 Å². The highest BCUT2D eigenvalue weighted by Gasteiger charge is 2.55. The third kappa shape index (κ3) is 2.72. The number of alkyl halides is 3. The molecule has 0 spiro atoms. The Hall–Kier alpha value is -2.55. The van der Waals surface area contributed by atoms with Crippen molar-refractivity contribution in [3.8, 4) is 0 Å². The van der Waals surface area contributed by atoms with Crippen molar-refractivity contribution in [2.45, 2.75) is 5.41 Å². The molecule has 26 heavy (non-hydrogen) atoms. The topological polar surface area (TPSA) is 0 Å². The van der Waals surface area contributed by atoms with Crippen molar-refractivity contribution in [2.24, 2.45) is 5.41 Å². The third-order valence-corrected chi connectivity index (χ3v) is 5.18. The molecule has 0 radical (unpaired) electrons. The van der Waals surface area contributed by atoms with Gasteiger partial charge in [-0.2, -0.15) is 0 Å². The van der Waals surface area contributed by atoms with Crippen molar-refractivity contribution in [3.05, 3.63) is 108 Å². The van der Waals surface area contributed by atoms with Gasteiger partial charge in [0.1, 0.15) is 20.0 Å². The van der Waals surface area contributed by atoms with Crippen LogP contribution >= 0.6 is 0 Å². The minimum atomic E-state index is -1.85. The first-order chi connectivity index (χ1) is 12.7. The maximum atomic E-state index is 14.4. The van der Waals surface area contributed by atoms with Crippen molar-refractivity contribution in [1.29, 1.82) is 0 Å². The van der Waals surface area contributed by atoms with Crippen LogP contribution in [-0.4, -0.2) is 20.0 Å². The fourth-order valence-corrected chi connectivity index (χ4v) is 3.89. The van der Waals surface area contributed by atoms with Gasteiger partial charge in [-0.25, -0.2) is 0 Å². The number of rotatable bonds is 7. The van der Waals surface area contributed by atoms with Crippen LogP contribution in [0.2, 0.25) is 0 Å². The van der Waals surface area contributed by atoms with Gasteiger partial charge < -0.3 is 0 Å². The van der Waals surface area contributed by atoms with Gasteiger partial charge in [0.2, 0.25) is 0 Å². The van der Waals surface area contributed by atoms with Gasteiger partial charge in [-0.1, -0.05) is 91.0 Å². The lowest BCUT2D eigenvalue weighted by atomic mass is 9.55. The van der Waals surface area contributed by atoms with Crippen LogP contribution in [0, 0.1) is 5.41 Å². The molecule has 0 saturated carbocycles. The van der Waals surface area contributed by atoms with Gasteiger partial charge in [-0.3, -0.25) is 13.2 Å². The summed E-state index contributed by atoms with van der Waals surface area (Å²) in [6, 6.07) is 27.3. The zero-order valence-electron chi connectivity index (χ0n) is 14.4. The second-order valence-electron chi connectivity index (χ2n) is 6.53. The molecule has 134 valence electrons. The average molecular weight is 354 g/mol. The van der Waals surface area contributed by atoms with E-state index in [1.807, 2.05) is 91.0 Å². The Morgan fingerprint density at radius 3 is 0.962 bits per heavy atom. The summed E-state index contributed by atoms with van der Waals surface area (Å²) in [6.07, 6.45) is 0. The second kappa shape index (κ2) is 7.77. The van der Waals surface area contributed by atoms with E-state index in [1.54, 1.807) is 0 Å². The van der Waals surface area contributed by atoms with Crippen molar-refractivity contribution < 1.29 is 13.2 Å². The highest BCUT2D eigenvalue weighted by atomic mass is 19.1. The summed E-state index contributed by atoms with van der Waals surface area (Å²) in [6.45, 7) is -3.34. The first kappa shape index (κ1) is 18.2. The minimum absolute atomic E-state index is 0.672. The molecule has 0 aliphatic heterocycles. The Kier molecular flexibility index (Phi) is 5.46. The van der Waals surface area contributed by atoms with E-state index in [9.17, 15) is 13.2 Å². The Morgan fingerprint density at radius 2 is 0.731 bits per heavy atom. The molecule has 0 bridgehead atoms. The fraction of sp³-hybridized carbons (Fsp3) is 0.217. The predicted molar refractivity (Wildman–Crippen MR) is 99.6 cm³/mol. The smallest absolute Gasteiger partial charge is 0.102 e. The van der Waals surface area contributed by atoms with Crippen LogP contribution in [-0.2, 0) is 5.41 Å². The highest BCUT2D eigenvalue weighted by Crippen LogP contribution is 2.53. The van der Waals surface area contributed by atoms with Crippen LogP contribution in [0.25, 0.3) is 0 Å². The number of hydrogen-bond acceptors (Lipinski definition) is 0. The molecule has 0 aromatic heterocycles. The van der Waals surface area contributed by atoms with Gasteiger partial charge in [-0.15, -0.1) is 0 Å². The number of hydrogen-bond donors (Lipinski definition) is 0.